The van der Waals surface area contributed by atoms with Crippen LogP contribution in [-0.2, 0) is 0 Å². The molecule has 1 unspecified atom stereocenters. The van der Waals surface area contributed by atoms with Crippen LogP contribution in [0.25, 0.3) is 0 Å². The zero-order chi connectivity index (χ0) is 10.7. The van der Waals surface area contributed by atoms with Crippen molar-refractivity contribution in [2.75, 3.05) is 0 Å². The maximum absolute atomic E-state index is 2.45. The topological polar surface area (TPSA) is 0 Å². The lowest BCUT2D eigenvalue weighted by Crippen LogP contribution is -2.20. The molecule has 0 heterocycles. The highest BCUT2D eigenvalue weighted by Crippen LogP contribution is 2.39. The van der Waals surface area contributed by atoms with E-state index in [1.165, 1.54) is 32.1 Å². The van der Waals surface area contributed by atoms with Gasteiger partial charge in [-0.25, -0.2) is 0 Å². The monoisotopic (exact) mass is 208 g/mol. The molecule has 0 saturated heterocycles. The third kappa shape index (κ3) is 3.23. The summed E-state index contributed by atoms with van der Waals surface area (Å²) in [6.07, 6.45) is 13.7. The molecule has 0 N–H and O–H groups in total. The van der Waals surface area contributed by atoms with Crippen LogP contribution in [0.3, 0.4) is 0 Å². The van der Waals surface area contributed by atoms with Gasteiger partial charge >= 0.3 is 0 Å². The Bertz CT molecular complexity index is 176. The zero-order valence-corrected chi connectivity index (χ0v) is 10.7. The molecule has 2 aliphatic carbocycles. The molecule has 0 amide bonds. The summed E-state index contributed by atoms with van der Waals surface area (Å²) < 4.78 is 0. The van der Waals surface area contributed by atoms with Gasteiger partial charge in [0.25, 0.3) is 0 Å². The van der Waals surface area contributed by atoms with E-state index in [4.69, 9.17) is 0 Å². The van der Waals surface area contributed by atoms with Crippen LogP contribution in [0.2, 0.25) is 0 Å². The molecule has 2 fully saturated rings. The van der Waals surface area contributed by atoms with Crippen molar-refractivity contribution in [1.82, 2.24) is 0 Å². The van der Waals surface area contributed by atoms with Gasteiger partial charge in [-0.1, -0.05) is 52.4 Å². The number of rotatable bonds is 1. The minimum atomic E-state index is 1.01. The highest BCUT2D eigenvalue weighted by atomic mass is 14.3. The Balaban J connectivity index is 1.82. The highest BCUT2D eigenvalue weighted by molar-refractivity contribution is 4.79. The average molecular weight is 208 g/mol. The molecular formula is C15H28. The first-order valence-corrected chi connectivity index (χ1v) is 7.25. The van der Waals surface area contributed by atoms with E-state index in [9.17, 15) is 0 Å². The van der Waals surface area contributed by atoms with Crippen molar-refractivity contribution in [3.63, 3.8) is 0 Å². The molecule has 2 saturated carbocycles. The van der Waals surface area contributed by atoms with Crippen LogP contribution in [0.4, 0.5) is 0 Å². The Morgan fingerprint density at radius 2 is 1.00 bits per heavy atom. The van der Waals surface area contributed by atoms with E-state index in [0.29, 0.717) is 0 Å². The van der Waals surface area contributed by atoms with Crippen LogP contribution in [-0.4, -0.2) is 0 Å². The van der Waals surface area contributed by atoms with Crippen molar-refractivity contribution in [1.29, 1.82) is 0 Å². The minimum Gasteiger partial charge on any atom is -0.0625 e. The molecular weight excluding hydrogens is 180 g/mol. The molecule has 0 spiro atoms. The van der Waals surface area contributed by atoms with Crippen molar-refractivity contribution < 1.29 is 0 Å². The molecule has 0 heteroatoms. The molecule has 0 aromatic heterocycles. The summed E-state index contributed by atoms with van der Waals surface area (Å²) in [5.74, 6) is 4.23. The van der Waals surface area contributed by atoms with Crippen LogP contribution < -0.4 is 0 Å². The van der Waals surface area contributed by atoms with Gasteiger partial charge < -0.3 is 0 Å². The lowest BCUT2D eigenvalue weighted by molar-refractivity contribution is 0.195. The van der Waals surface area contributed by atoms with Gasteiger partial charge in [0.05, 0.1) is 0 Å². The van der Waals surface area contributed by atoms with Crippen LogP contribution in [0.5, 0.6) is 0 Å². The zero-order valence-electron chi connectivity index (χ0n) is 10.7. The maximum atomic E-state index is 2.45. The quantitative estimate of drug-likeness (QED) is 0.530. The Hall–Kier alpha value is 0. The molecule has 0 aliphatic heterocycles. The summed E-state index contributed by atoms with van der Waals surface area (Å²) in [6, 6.07) is 0. The lowest BCUT2D eigenvalue weighted by Gasteiger charge is -2.32. The molecule has 2 rings (SSSR count). The Kier molecular flexibility index (Phi) is 4.11. The first-order valence-electron chi connectivity index (χ1n) is 7.25. The second kappa shape index (κ2) is 5.37. The van der Waals surface area contributed by atoms with Crippen molar-refractivity contribution in [3.05, 3.63) is 0 Å². The van der Waals surface area contributed by atoms with Crippen LogP contribution in [0.1, 0.15) is 71.6 Å². The fraction of sp³-hybridized carbons (Fsp3) is 1.00. The Labute approximate surface area is 95.8 Å². The molecule has 0 nitrogen and oxygen atoms in total. The maximum Gasteiger partial charge on any atom is -0.0386 e. The number of hydrogen-bond acceptors (Lipinski definition) is 0. The second-order valence-electron chi connectivity index (χ2n) is 6.39. The second-order valence-corrected chi connectivity index (χ2v) is 6.39. The van der Waals surface area contributed by atoms with Gasteiger partial charge in [-0.15, -0.1) is 0 Å². The normalized spacial score (nSPS) is 43.6. The van der Waals surface area contributed by atoms with Crippen LogP contribution in [0, 0.1) is 23.7 Å². The Morgan fingerprint density at radius 1 is 0.533 bits per heavy atom. The third-order valence-corrected chi connectivity index (χ3v) is 5.03. The summed E-state index contributed by atoms with van der Waals surface area (Å²) in [5.41, 5.74) is 0. The summed E-state index contributed by atoms with van der Waals surface area (Å²) in [4.78, 5) is 0. The molecule has 88 valence electrons. The minimum absolute atomic E-state index is 1.01. The van der Waals surface area contributed by atoms with Gasteiger partial charge in [0, 0.05) is 0 Å². The molecule has 2 aliphatic rings. The molecule has 2 atom stereocenters. The molecule has 0 radical (unpaired) electrons. The average Bonchev–Trinajstić information content (AvgIpc) is 2.44. The molecule has 0 bridgehead atoms. The smallest absolute Gasteiger partial charge is 0.0386 e. The lowest BCUT2D eigenvalue weighted by atomic mass is 9.74. The van der Waals surface area contributed by atoms with Crippen molar-refractivity contribution >= 4 is 0 Å². The molecule has 0 aromatic rings. The van der Waals surface area contributed by atoms with Gasteiger partial charge in [-0.2, -0.15) is 0 Å². The van der Waals surface area contributed by atoms with E-state index >= 15 is 0 Å². The summed E-state index contributed by atoms with van der Waals surface area (Å²) in [6.45, 7) is 4.89. The summed E-state index contributed by atoms with van der Waals surface area (Å²) in [7, 11) is 0. The van der Waals surface area contributed by atoms with Gasteiger partial charge in [-0.3, -0.25) is 0 Å². The van der Waals surface area contributed by atoms with Gasteiger partial charge in [-0.05, 0) is 42.9 Å². The van der Waals surface area contributed by atoms with E-state index in [-0.39, 0.29) is 0 Å². The van der Waals surface area contributed by atoms with Gasteiger partial charge in [0.1, 0.15) is 0 Å². The standard InChI is InChI=1S/C15H28/c1-12-4-3-5-14(9-6-12)15-10-7-13(2)8-11-15/h12-15H,3-11H2,1-2H3/t12?,13?,14-,15?/m0/s1. The first-order chi connectivity index (χ1) is 7.25. The predicted molar refractivity (Wildman–Crippen MR) is 66.9 cm³/mol. The largest absolute Gasteiger partial charge is 0.0625 e. The summed E-state index contributed by atoms with van der Waals surface area (Å²) in [5, 5.41) is 0. The van der Waals surface area contributed by atoms with Gasteiger partial charge in [0.15, 0.2) is 0 Å². The fourth-order valence-corrected chi connectivity index (χ4v) is 3.74. The van der Waals surface area contributed by atoms with Crippen molar-refractivity contribution in [2.45, 2.75) is 71.6 Å². The SMILES string of the molecule is CC1CCC([C@H]2CCCC(C)CC2)CC1. The third-order valence-electron chi connectivity index (χ3n) is 5.03. The van der Waals surface area contributed by atoms with E-state index < -0.39 is 0 Å². The van der Waals surface area contributed by atoms with E-state index in [1.807, 2.05) is 0 Å². The first kappa shape index (κ1) is 11.5. The van der Waals surface area contributed by atoms with E-state index in [0.717, 1.165) is 23.7 Å². The van der Waals surface area contributed by atoms with Gasteiger partial charge in [0.2, 0.25) is 0 Å². The molecule has 15 heavy (non-hydrogen) atoms. The van der Waals surface area contributed by atoms with Crippen LogP contribution >= 0.6 is 0 Å². The van der Waals surface area contributed by atoms with Crippen molar-refractivity contribution in [2.24, 2.45) is 23.7 Å². The number of hydrogen-bond donors (Lipinski definition) is 0. The van der Waals surface area contributed by atoms with Crippen LogP contribution in [0.15, 0.2) is 0 Å². The van der Waals surface area contributed by atoms with E-state index in [1.54, 1.807) is 25.7 Å². The molecule has 0 aromatic carbocycles. The summed E-state index contributed by atoms with van der Waals surface area (Å²) >= 11 is 0. The van der Waals surface area contributed by atoms with E-state index in [2.05, 4.69) is 13.8 Å². The Morgan fingerprint density at radius 3 is 1.60 bits per heavy atom. The predicted octanol–water partition coefficient (Wildman–Crippen LogP) is 5.03. The fourth-order valence-electron chi connectivity index (χ4n) is 3.74. The van der Waals surface area contributed by atoms with Crippen molar-refractivity contribution in [3.8, 4) is 0 Å². The highest BCUT2D eigenvalue weighted by Gasteiger charge is 2.27.